The molecule has 0 bridgehead atoms. The van der Waals surface area contributed by atoms with Gasteiger partial charge in [-0.1, -0.05) is 6.92 Å². The molecule has 0 aromatic rings. The maximum absolute atomic E-state index is 12.4. The van der Waals surface area contributed by atoms with Crippen LogP contribution in [0.1, 0.15) is 19.8 Å². The summed E-state index contributed by atoms with van der Waals surface area (Å²) in [6.07, 6.45) is 0.226. The zero-order valence-corrected chi connectivity index (χ0v) is 5.66. The average Bonchev–Trinajstić information content (AvgIpc) is 2.08. The summed E-state index contributed by atoms with van der Waals surface area (Å²) in [7, 11) is 0. The molecule has 0 radical (unpaired) electrons. The first-order chi connectivity index (χ1) is 4.56. The molecule has 1 fully saturated rings. The van der Waals surface area contributed by atoms with Gasteiger partial charge in [0.2, 0.25) is 0 Å². The van der Waals surface area contributed by atoms with Crippen LogP contribution in [0.2, 0.25) is 0 Å². The van der Waals surface area contributed by atoms with Gasteiger partial charge in [-0.2, -0.15) is 8.78 Å². The lowest BCUT2D eigenvalue weighted by Gasteiger charge is -2.02. The molecule has 10 heavy (non-hydrogen) atoms. The number of amides is 1. The fourth-order valence-corrected chi connectivity index (χ4v) is 0.991. The number of halogens is 2. The van der Waals surface area contributed by atoms with E-state index in [0.29, 0.717) is 6.42 Å². The smallest absolute Gasteiger partial charge is 0.326 e. The zero-order chi connectivity index (χ0) is 7.78. The third kappa shape index (κ3) is 1.10. The lowest BCUT2D eigenvalue weighted by Crippen LogP contribution is -2.30. The molecule has 1 heterocycles. The Morgan fingerprint density at radius 1 is 1.80 bits per heavy atom. The summed E-state index contributed by atoms with van der Waals surface area (Å²) >= 11 is 0. The number of hydrogen-bond acceptors (Lipinski definition) is 1. The molecule has 1 atom stereocenters. The largest absolute Gasteiger partial charge is 0.348 e. The first kappa shape index (κ1) is 7.44. The summed E-state index contributed by atoms with van der Waals surface area (Å²) in [6, 6.07) is -0.331. The molecule has 1 saturated heterocycles. The average molecular weight is 149 g/mol. The Morgan fingerprint density at radius 3 is 2.60 bits per heavy atom. The van der Waals surface area contributed by atoms with Crippen LogP contribution >= 0.6 is 0 Å². The highest BCUT2D eigenvalue weighted by Crippen LogP contribution is 2.27. The molecule has 1 aliphatic rings. The molecule has 2 nitrogen and oxygen atoms in total. The van der Waals surface area contributed by atoms with Crippen molar-refractivity contribution in [3.63, 3.8) is 0 Å². The van der Waals surface area contributed by atoms with E-state index < -0.39 is 11.8 Å². The maximum Gasteiger partial charge on any atom is 0.326 e. The van der Waals surface area contributed by atoms with Crippen LogP contribution in [0.25, 0.3) is 0 Å². The molecule has 58 valence electrons. The highest BCUT2D eigenvalue weighted by atomic mass is 19.3. The van der Waals surface area contributed by atoms with Crippen molar-refractivity contribution in [3.05, 3.63) is 0 Å². The van der Waals surface area contributed by atoms with Gasteiger partial charge in [-0.15, -0.1) is 0 Å². The van der Waals surface area contributed by atoms with Crippen molar-refractivity contribution < 1.29 is 13.6 Å². The molecule has 0 aromatic carbocycles. The van der Waals surface area contributed by atoms with Crippen molar-refractivity contribution in [2.75, 3.05) is 0 Å². The van der Waals surface area contributed by atoms with E-state index in [4.69, 9.17) is 0 Å². The summed E-state index contributed by atoms with van der Waals surface area (Å²) in [5, 5.41) is 2.20. The zero-order valence-electron chi connectivity index (χ0n) is 5.66. The molecule has 1 amide bonds. The summed E-state index contributed by atoms with van der Waals surface area (Å²) in [5.74, 6) is -4.25. The van der Waals surface area contributed by atoms with E-state index in [0.717, 1.165) is 0 Å². The first-order valence-corrected chi connectivity index (χ1v) is 3.25. The fraction of sp³-hybridized carbons (Fsp3) is 0.833. The van der Waals surface area contributed by atoms with Crippen LogP contribution in [0, 0.1) is 0 Å². The van der Waals surface area contributed by atoms with Gasteiger partial charge in [0, 0.05) is 12.5 Å². The van der Waals surface area contributed by atoms with Crippen molar-refractivity contribution in [2.24, 2.45) is 0 Å². The number of carbonyl (C=O) groups is 1. The number of hydrogen-bond donors (Lipinski definition) is 1. The summed E-state index contributed by atoms with van der Waals surface area (Å²) in [4.78, 5) is 10.4. The SMILES string of the molecule is CC[C@H]1CC(F)(F)C(=O)N1. The molecule has 0 spiro atoms. The standard InChI is InChI=1S/C6H9F2NO/c1-2-4-3-6(7,8)5(10)9-4/h4H,2-3H2,1H3,(H,9,10)/t4-/m0/s1. The molecule has 0 saturated carbocycles. The third-order valence-corrected chi connectivity index (χ3v) is 1.66. The van der Waals surface area contributed by atoms with Gasteiger partial charge in [0.1, 0.15) is 0 Å². The van der Waals surface area contributed by atoms with Crippen LogP contribution in [-0.4, -0.2) is 17.9 Å². The van der Waals surface area contributed by atoms with Crippen molar-refractivity contribution in [3.8, 4) is 0 Å². The third-order valence-electron chi connectivity index (χ3n) is 1.66. The van der Waals surface area contributed by atoms with Gasteiger partial charge in [0.05, 0.1) is 0 Å². The van der Waals surface area contributed by atoms with Crippen LogP contribution in [0.3, 0.4) is 0 Å². The number of carbonyl (C=O) groups excluding carboxylic acids is 1. The maximum atomic E-state index is 12.4. The van der Waals surface area contributed by atoms with Crippen LogP contribution in [-0.2, 0) is 4.79 Å². The summed E-state index contributed by atoms with van der Waals surface area (Å²) < 4.78 is 24.7. The van der Waals surface area contributed by atoms with Crippen LogP contribution in [0.15, 0.2) is 0 Å². The molecule has 0 aliphatic carbocycles. The van der Waals surface area contributed by atoms with E-state index in [1.165, 1.54) is 0 Å². The minimum Gasteiger partial charge on any atom is -0.348 e. The molecule has 1 aliphatic heterocycles. The van der Waals surface area contributed by atoms with Crippen LogP contribution in [0.4, 0.5) is 8.78 Å². The van der Waals surface area contributed by atoms with Gasteiger partial charge in [-0.25, -0.2) is 0 Å². The summed E-state index contributed by atoms with van der Waals surface area (Å²) in [6.45, 7) is 1.77. The van der Waals surface area contributed by atoms with Crippen LogP contribution < -0.4 is 5.32 Å². The van der Waals surface area contributed by atoms with Crippen molar-refractivity contribution in [1.29, 1.82) is 0 Å². The Bertz CT molecular complexity index is 158. The molecule has 1 N–H and O–H groups in total. The van der Waals surface area contributed by atoms with Gasteiger partial charge in [-0.3, -0.25) is 4.79 Å². The van der Waals surface area contributed by atoms with Crippen molar-refractivity contribution >= 4 is 5.91 Å². The molecule has 0 unspecified atom stereocenters. The van der Waals surface area contributed by atoms with Crippen molar-refractivity contribution in [2.45, 2.75) is 31.7 Å². The van der Waals surface area contributed by atoms with E-state index in [-0.39, 0.29) is 12.5 Å². The number of alkyl halides is 2. The van der Waals surface area contributed by atoms with E-state index in [2.05, 4.69) is 5.32 Å². The topological polar surface area (TPSA) is 29.1 Å². The minimum absolute atomic E-state index is 0.331. The quantitative estimate of drug-likeness (QED) is 0.590. The Hall–Kier alpha value is -0.670. The Kier molecular flexibility index (Phi) is 1.62. The Balaban J connectivity index is 2.62. The lowest BCUT2D eigenvalue weighted by atomic mass is 10.1. The minimum atomic E-state index is -3.12. The fourth-order valence-electron chi connectivity index (χ4n) is 0.991. The highest BCUT2D eigenvalue weighted by molar-refractivity contribution is 5.85. The highest BCUT2D eigenvalue weighted by Gasteiger charge is 2.47. The predicted molar refractivity (Wildman–Crippen MR) is 31.8 cm³/mol. The molecular formula is C6H9F2NO. The van der Waals surface area contributed by atoms with Gasteiger partial charge in [0.25, 0.3) is 5.91 Å². The molecule has 0 aromatic heterocycles. The molecule has 1 rings (SSSR count). The van der Waals surface area contributed by atoms with Crippen LogP contribution in [0.5, 0.6) is 0 Å². The van der Waals surface area contributed by atoms with Gasteiger partial charge >= 0.3 is 5.92 Å². The van der Waals surface area contributed by atoms with Gasteiger partial charge in [0.15, 0.2) is 0 Å². The Morgan fingerprint density at radius 2 is 2.40 bits per heavy atom. The lowest BCUT2D eigenvalue weighted by molar-refractivity contribution is -0.139. The normalized spacial score (nSPS) is 30.3. The predicted octanol–water partition coefficient (Wildman–Crippen LogP) is 0.920. The molecule has 4 heteroatoms. The van der Waals surface area contributed by atoms with E-state index in [9.17, 15) is 13.6 Å². The van der Waals surface area contributed by atoms with E-state index in [1.54, 1.807) is 6.92 Å². The molecular weight excluding hydrogens is 140 g/mol. The van der Waals surface area contributed by atoms with E-state index in [1.807, 2.05) is 0 Å². The second kappa shape index (κ2) is 2.18. The van der Waals surface area contributed by atoms with Crippen molar-refractivity contribution in [1.82, 2.24) is 5.32 Å². The van der Waals surface area contributed by atoms with Gasteiger partial charge < -0.3 is 5.32 Å². The monoisotopic (exact) mass is 149 g/mol. The second-order valence-corrected chi connectivity index (χ2v) is 2.49. The Labute approximate surface area is 57.6 Å². The number of nitrogens with one attached hydrogen (secondary N) is 1. The number of rotatable bonds is 1. The second-order valence-electron chi connectivity index (χ2n) is 2.49. The first-order valence-electron chi connectivity index (χ1n) is 3.25. The summed E-state index contributed by atoms with van der Waals surface area (Å²) in [5.41, 5.74) is 0. The van der Waals surface area contributed by atoms with Gasteiger partial charge in [-0.05, 0) is 6.42 Å². The van der Waals surface area contributed by atoms with E-state index >= 15 is 0 Å².